The zero-order chi connectivity index (χ0) is 12.5. The average Bonchev–Trinajstić information content (AvgIpc) is 2.70. The fourth-order valence-electron chi connectivity index (χ4n) is 2.72. The standard InChI is InChI=1S/C14H24N2O/c1-4-16-11-12(10-15-16)14(17)7-5-6-13(2,3)8-9-14/h10-11,17H,4-9H2,1-3H3. The molecule has 0 bridgehead atoms. The van der Waals surface area contributed by atoms with E-state index in [-0.39, 0.29) is 0 Å². The van der Waals surface area contributed by atoms with Crippen molar-refractivity contribution in [3.63, 3.8) is 0 Å². The van der Waals surface area contributed by atoms with Crippen LogP contribution in [0.5, 0.6) is 0 Å². The third-order valence-corrected chi connectivity index (χ3v) is 4.15. The molecule has 1 aliphatic rings. The highest BCUT2D eigenvalue weighted by molar-refractivity contribution is 5.16. The third kappa shape index (κ3) is 2.71. The smallest absolute Gasteiger partial charge is 0.0927 e. The topological polar surface area (TPSA) is 38.0 Å². The van der Waals surface area contributed by atoms with Gasteiger partial charge in [-0.05, 0) is 44.4 Å². The first-order valence-corrected chi connectivity index (χ1v) is 6.70. The number of aryl methyl sites for hydroxylation is 1. The Morgan fingerprint density at radius 2 is 2.06 bits per heavy atom. The molecule has 96 valence electrons. The predicted octanol–water partition coefficient (Wildman–Crippen LogP) is 3.08. The van der Waals surface area contributed by atoms with E-state index in [1.807, 2.05) is 17.1 Å². The van der Waals surface area contributed by atoms with Gasteiger partial charge in [-0.1, -0.05) is 13.8 Å². The summed E-state index contributed by atoms with van der Waals surface area (Å²) in [4.78, 5) is 0. The Morgan fingerprint density at radius 3 is 2.71 bits per heavy atom. The van der Waals surface area contributed by atoms with Gasteiger partial charge in [-0.2, -0.15) is 5.10 Å². The molecule has 17 heavy (non-hydrogen) atoms. The molecule has 1 aliphatic carbocycles. The number of aromatic nitrogens is 2. The second-order valence-electron chi connectivity index (χ2n) is 6.13. The Bertz CT molecular complexity index is 383. The Hall–Kier alpha value is -0.830. The van der Waals surface area contributed by atoms with Crippen LogP contribution in [-0.4, -0.2) is 14.9 Å². The van der Waals surface area contributed by atoms with Crippen molar-refractivity contribution in [2.24, 2.45) is 5.41 Å². The van der Waals surface area contributed by atoms with Crippen LogP contribution in [0.4, 0.5) is 0 Å². The van der Waals surface area contributed by atoms with Crippen molar-refractivity contribution in [3.05, 3.63) is 18.0 Å². The molecule has 1 fully saturated rings. The summed E-state index contributed by atoms with van der Waals surface area (Å²) < 4.78 is 1.89. The third-order valence-electron chi connectivity index (χ3n) is 4.15. The molecule has 0 spiro atoms. The molecule has 1 unspecified atom stereocenters. The van der Waals surface area contributed by atoms with Gasteiger partial charge < -0.3 is 5.11 Å². The van der Waals surface area contributed by atoms with E-state index >= 15 is 0 Å². The van der Waals surface area contributed by atoms with E-state index in [9.17, 15) is 5.11 Å². The van der Waals surface area contributed by atoms with Crippen molar-refractivity contribution in [3.8, 4) is 0 Å². The molecule has 2 rings (SSSR count). The van der Waals surface area contributed by atoms with Gasteiger partial charge in [-0.3, -0.25) is 4.68 Å². The zero-order valence-corrected chi connectivity index (χ0v) is 11.2. The number of nitrogens with zero attached hydrogens (tertiary/aromatic N) is 2. The van der Waals surface area contributed by atoms with Gasteiger partial charge in [0.05, 0.1) is 11.8 Å². The van der Waals surface area contributed by atoms with Crippen LogP contribution in [0.2, 0.25) is 0 Å². The van der Waals surface area contributed by atoms with Crippen LogP contribution in [0.25, 0.3) is 0 Å². The number of hydrogen-bond acceptors (Lipinski definition) is 2. The van der Waals surface area contributed by atoms with E-state index in [4.69, 9.17) is 0 Å². The van der Waals surface area contributed by atoms with Crippen molar-refractivity contribution in [2.75, 3.05) is 0 Å². The van der Waals surface area contributed by atoms with E-state index in [1.165, 1.54) is 6.42 Å². The fourth-order valence-corrected chi connectivity index (χ4v) is 2.72. The highest BCUT2D eigenvalue weighted by atomic mass is 16.3. The summed E-state index contributed by atoms with van der Waals surface area (Å²) in [6.45, 7) is 7.53. The van der Waals surface area contributed by atoms with Gasteiger partial charge in [-0.15, -0.1) is 0 Å². The molecular formula is C14H24N2O. The minimum atomic E-state index is -0.652. The number of rotatable bonds is 2. The second kappa shape index (κ2) is 4.45. The monoisotopic (exact) mass is 236 g/mol. The average molecular weight is 236 g/mol. The lowest BCUT2D eigenvalue weighted by atomic mass is 9.83. The summed E-state index contributed by atoms with van der Waals surface area (Å²) in [5.74, 6) is 0. The first-order chi connectivity index (χ1) is 7.95. The summed E-state index contributed by atoms with van der Waals surface area (Å²) >= 11 is 0. The quantitative estimate of drug-likeness (QED) is 0.801. The maximum Gasteiger partial charge on any atom is 0.0927 e. The Balaban J connectivity index is 2.18. The highest BCUT2D eigenvalue weighted by Crippen LogP contribution is 2.42. The van der Waals surface area contributed by atoms with E-state index in [0.29, 0.717) is 5.41 Å². The maximum absolute atomic E-state index is 10.8. The van der Waals surface area contributed by atoms with Crippen molar-refractivity contribution >= 4 is 0 Å². The number of aliphatic hydroxyl groups is 1. The molecule has 1 saturated carbocycles. The van der Waals surface area contributed by atoms with Gasteiger partial charge in [-0.25, -0.2) is 0 Å². The lowest BCUT2D eigenvalue weighted by Crippen LogP contribution is -2.24. The second-order valence-corrected chi connectivity index (χ2v) is 6.13. The van der Waals surface area contributed by atoms with Gasteiger partial charge in [0.25, 0.3) is 0 Å². The van der Waals surface area contributed by atoms with E-state index in [2.05, 4.69) is 25.9 Å². The Labute approximate surface area is 104 Å². The predicted molar refractivity (Wildman–Crippen MR) is 68.7 cm³/mol. The van der Waals surface area contributed by atoms with Crippen LogP contribution < -0.4 is 0 Å². The molecule has 0 aromatic carbocycles. The van der Waals surface area contributed by atoms with Gasteiger partial charge >= 0.3 is 0 Å². The Kier molecular flexibility index (Phi) is 3.30. The maximum atomic E-state index is 10.8. The first-order valence-electron chi connectivity index (χ1n) is 6.70. The molecule has 1 heterocycles. The highest BCUT2D eigenvalue weighted by Gasteiger charge is 2.35. The lowest BCUT2D eigenvalue weighted by molar-refractivity contribution is 0.0179. The van der Waals surface area contributed by atoms with Crippen molar-refractivity contribution in [1.82, 2.24) is 9.78 Å². The molecule has 0 radical (unpaired) electrons. The molecule has 0 aliphatic heterocycles. The molecule has 0 amide bonds. The van der Waals surface area contributed by atoms with Crippen LogP contribution in [0.15, 0.2) is 12.4 Å². The summed E-state index contributed by atoms with van der Waals surface area (Å²) in [5.41, 5.74) is 0.712. The molecule has 3 nitrogen and oxygen atoms in total. The van der Waals surface area contributed by atoms with Gasteiger partial charge in [0.1, 0.15) is 0 Å². The number of hydrogen-bond donors (Lipinski definition) is 1. The zero-order valence-electron chi connectivity index (χ0n) is 11.2. The lowest BCUT2D eigenvalue weighted by Gasteiger charge is -2.26. The van der Waals surface area contributed by atoms with E-state index < -0.39 is 5.60 Å². The SMILES string of the molecule is CCn1cc(C2(O)CCCC(C)(C)CC2)cn1. The molecule has 1 aromatic heterocycles. The van der Waals surface area contributed by atoms with Crippen LogP contribution in [0, 0.1) is 5.41 Å². The first kappa shape index (κ1) is 12.6. The molecule has 0 saturated heterocycles. The summed E-state index contributed by atoms with van der Waals surface area (Å²) in [5, 5.41) is 15.1. The molecule has 1 N–H and O–H groups in total. The summed E-state index contributed by atoms with van der Waals surface area (Å²) in [7, 11) is 0. The summed E-state index contributed by atoms with van der Waals surface area (Å²) in [6, 6.07) is 0. The van der Waals surface area contributed by atoms with E-state index in [1.54, 1.807) is 0 Å². The Morgan fingerprint density at radius 1 is 1.29 bits per heavy atom. The van der Waals surface area contributed by atoms with Crippen LogP contribution in [0.3, 0.4) is 0 Å². The van der Waals surface area contributed by atoms with Crippen LogP contribution in [0.1, 0.15) is 58.4 Å². The summed E-state index contributed by atoms with van der Waals surface area (Å²) in [6.07, 6.45) is 8.94. The van der Waals surface area contributed by atoms with Crippen LogP contribution in [-0.2, 0) is 12.1 Å². The molecule has 3 heteroatoms. The van der Waals surface area contributed by atoms with Gasteiger partial charge in [0.15, 0.2) is 0 Å². The van der Waals surface area contributed by atoms with E-state index in [0.717, 1.165) is 37.8 Å². The fraction of sp³-hybridized carbons (Fsp3) is 0.786. The molecule has 1 aromatic rings. The molecular weight excluding hydrogens is 212 g/mol. The van der Waals surface area contributed by atoms with Crippen molar-refractivity contribution < 1.29 is 5.11 Å². The largest absolute Gasteiger partial charge is 0.385 e. The van der Waals surface area contributed by atoms with Crippen LogP contribution >= 0.6 is 0 Å². The van der Waals surface area contributed by atoms with Crippen molar-refractivity contribution in [2.45, 2.75) is 65.0 Å². The minimum absolute atomic E-state index is 0.366. The van der Waals surface area contributed by atoms with Crippen molar-refractivity contribution in [1.29, 1.82) is 0 Å². The normalized spacial score (nSPS) is 28.9. The molecule has 1 atom stereocenters. The van der Waals surface area contributed by atoms with Gasteiger partial charge in [0, 0.05) is 18.3 Å². The van der Waals surface area contributed by atoms with Gasteiger partial charge in [0.2, 0.25) is 0 Å². The minimum Gasteiger partial charge on any atom is -0.385 e.